The molecule has 0 bridgehead atoms. The second-order valence-corrected chi connectivity index (χ2v) is 13.4. The van der Waals surface area contributed by atoms with Crippen LogP contribution in [0.15, 0.2) is 24.5 Å². The number of carbonyl (C=O) groups is 3. The SMILES string of the molecule is Cc1c(-c2cc3cc(NC(=O)OC4CCCC4)ncc3c(NC(=O)OC(C)(C)C)c2F)cnc2c1N(C(=O)OC(C)(C)C)CCO2. The number of benzene rings is 1. The summed E-state index contributed by atoms with van der Waals surface area (Å²) in [6.45, 7) is 12.5. The smallest absolute Gasteiger partial charge is 0.415 e. The van der Waals surface area contributed by atoms with Crippen molar-refractivity contribution >= 4 is 46.2 Å². The van der Waals surface area contributed by atoms with Crippen molar-refractivity contribution in [3.05, 3.63) is 35.9 Å². The van der Waals surface area contributed by atoms with E-state index < -0.39 is 35.3 Å². The molecule has 2 aliphatic rings. The van der Waals surface area contributed by atoms with E-state index in [1.807, 2.05) is 0 Å². The summed E-state index contributed by atoms with van der Waals surface area (Å²) >= 11 is 0. The van der Waals surface area contributed by atoms with Crippen LogP contribution in [0.5, 0.6) is 5.88 Å². The van der Waals surface area contributed by atoms with Gasteiger partial charge in [-0.2, -0.15) is 0 Å². The molecule has 0 unspecified atom stereocenters. The van der Waals surface area contributed by atoms with Gasteiger partial charge in [-0.1, -0.05) is 0 Å². The third-order valence-electron chi connectivity index (χ3n) is 7.39. The number of pyridine rings is 2. The average molecular weight is 638 g/mol. The topological polar surface area (TPSA) is 141 Å². The first-order valence-electron chi connectivity index (χ1n) is 15.3. The summed E-state index contributed by atoms with van der Waals surface area (Å²) in [6.07, 6.45) is 4.22. The Kier molecular flexibility index (Phi) is 8.96. The molecule has 1 fully saturated rings. The van der Waals surface area contributed by atoms with E-state index in [0.29, 0.717) is 22.2 Å². The third kappa shape index (κ3) is 7.40. The standard InChI is InChI=1S/C33H40FN5O7/c1-18-22(16-36-28-27(18)39(12-13-43-28)31(42)46-33(5,6)7)21-14-19-15-24(37-29(40)44-20-10-8-9-11-20)35-17-23(19)26(25(21)34)38-30(41)45-32(2,3)4/h14-17,20H,8-13H2,1-7H3,(H,38,41)(H,35,37,40). The Morgan fingerprint density at radius 2 is 1.63 bits per heavy atom. The number of anilines is 3. The fourth-order valence-electron chi connectivity index (χ4n) is 5.46. The molecule has 0 atom stereocenters. The van der Waals surface area contributed by atoms with E-state index in [-0.39, 0.29) is 47.6 Å². The zero-order valence-corrected chi connectivity index (χ0v) is 27.2. The number of aromatic nitrogens is 2. The van der Waals surface area contributed by atoms with Gasteiger partial charge in [0.25, 0.3) is 0 Å². The first-order chi connectivity index (χ1) is 21.6. The van der Waals surface area contributed by atoms with Gasteiger partial charge in [-0.25, -0.2) is 28.7 Å². The van der Waals surface area contributed by atoms with Crippen LogP contribution in [-0.2, 0) is 14.2 Å². The van der Waals surface area contributed by atoms with Crippen LogP contribution in [0.25, 0.3) is 21.9 Å². The molecular formula is C33H40FN5O7. The lowest BCUT2D eigenvalue weighted by Gasteiger charge is -2.32. The van der Waals surface area contributed by atoms with Crippen molar-refractivity contribution in [1.29, 1.82) is 0 Å². The van der Waals surface area contributed by atoms with Gasteiger partial charge in [0.1, 0.15) is 35.4 Å². The highest BCUT2D eigenvalue weighted by atomic mass is 19.1. The summed E-state index contributed by atoms with van der Waals surface area (Å²) in [5.74, 6) is -0.379. The molecule has 1 saturated carbocycles. The highest BCUT2D eigenvalue weighted by Crippen LogP contribution is 2.42. The molecule has 0 saturated heterocycles. The largest absolute Gasteiger partial charge is 0.474 e. The van der Waals surface area contributed by atoms with E-state index in [2.05, 4.69) is 20.6 Å². The lowest BCUT2D eigenvalue weighted by atomic mass is 9.96. The normalized spacial score (nSPS) is 15.2. The molecule has 246 valence electrons. The van der Waals surface area contributed by atoms with Crippen LogP contribution in [0.4, 0.5) is 36.0 Å². The number of nitrogens with one attached hydrogen (secondary N) is 2. The first-order valence-corrected chi connectivity index (χ1v) is 15.3. The average Bonchev–Trinajstić information content (AvgIpc) is 3.45. The molecule has 12 nitrogen and oxygen atoms in total. The number of carbonyl (C=O) groups excluding carboxylic acids is 3. The monoisotopic (exact) mass is 637 g/mol. The molecule has 3 heterocycles. The van der Waals surface area contributed by atoms with Crippen LogP contribution in [-0.4, -0.2) is 58.7 Å². The quantitative estimate of drug-likeness (QED) is 0.275. The van der Waals surface area contributed by atoms with Gasteiger partial charge in [-0.3, -0.25) is 15.5 Å². The number of amides is 3. The number of fused-ring (bicyclic) bond motifs is 2. The minimum absolute atomic E-state index is 0.0757. The molecule has 0 radical (unpaired) electrons. The Bertz CT molecular complexity index is 1680. The Morgan fingerprint density at radius 3 is 2.30 bits per heavy atom. The lowest BCUT2D eigenvalue weighted by Crippen LogP contribution is -2.42. The maximum atomic E-state index is 16.6. The van der Waals surface area contributed by atoms with Gasteiger partial charge < -0.3 is 18.9 Å². The maximum absolute atomic E-state index is 16.6. The van der Waals surface area contributed by atoms with Crippen molar-refractivity contribution < 1.29 is 37.7 Å². The Balaban J connectivity index is 1.60. The summed E-state index contributed by atoms with van der Waals surface area (Å²) in [6, 6.07) is 3.13. The highest BCUT2D eigenvalue weighted by molar-refractivity contribution is 6.05. The van der Waals surface area contributed by atoms with Crippen molar-refractivity contribution in [1.82, 2.24) is 9.97 Å². The summed E-state index contributed by atoms with van der Waals surface area (Å²) in [5, 5.41) is 5.91. The summed E-state index contributed by atoms with van der Waals surface area (Å²) in [7, 11) is 0. The van der Waals surface area contributed by atoms with Crippen LogP contribution in [0.3, 0.4) is 0 Å². The molecule has 2 aromatic heterocycles. The minimum Gasteiger partial charge on any atom is -0.474 e. The van der Waals surface area contributed by atoms with Crippen molar-refractivity contribution in [3.8, 4) is 17.0 Å². The molecular weight excluding hydrogens is 597 g/mol. The van der Waals surface area contributed by atoms with Crippen molar-refractivity contribution in [2.45, 2.75) is 91.5 Å². The number of nitrogens with zero attached hydrogens (tertiary/aromatic N) is 3. The molecule has 13 heteroatoms. The van der Waals surface area contributed by atoms with Crippen molar-refractivity contribution in [2.75, 3.05) is 28.7 Å². The molecule has 1 aliphatic carbocycles. The van der Waals surface area contributed by atoms with Gasteiger partial charge in [0.05, 0.1) is 12.2 Å². The summed E-state index contributed by atoms with van der Waals surface area (Å²) in [4.78, 5) is 48.7. The predicted octanol–water partition coefficient (Wildman–Crippen LogP) is 7.72. The fraction of sp³-hybridized carbons (Fsp3) is 0.485. The van der Waals surface area contributed by atoms with Crippen molar-refractivity contribution in [3.63, 3.8) is 0 Å². The van der Waals surface area contributed by atoms with Gasteiger partial charge in [0.15, 0.2) is 5.82 Å². The third-order valence-corrected chi connectivity index (χ3v) is 7.39. The van der Waals surface area contributed by atoms with Crippen LogP contribution in [0.2, 0.25) is 0 Å². The van der Waals surface area contributed by atoms with Crippen LogP contribution >= 0.6 is 0 Å². The van der Waals surface area contributed by atoms with E-state index in [4.69, 9.17) is 18.9 Å². The van der Waals surface area contributed by atoms with E-state index >= 15 is 4.39 Å². The predicted molar refractivity (Wildman–Crippen MR) is 171 cm³/mol. The zero-order chi connectivity index (χ0) is 33.4. The Morgan fingerprint density at radius 1 is 0.935 bits per heavy atom. The molecule has 3 aromatic rings. The van der Waals surface area contributed by atoms with E-state index in [0.717, 1.165) is 25.7 Å². The highest BCUT2D eigenvalue weighted by Gasteiger charge is 2.32. The van der Waals surface area contributed by atoms with Gasteiger partial charge in [-0.05, 0) is 97.2 Å². The Labute approximate surface area is 266 Å². The van der Waals surface area contributed by atoms with Gasteiger partial charge >= 0.3 is 18.3 Å². The second-order valence-electron chi connectivity index (χ2n) is 13.4. The second kappa shape index (κ2) is 12.6. The molecule has 46 heavy (non-hydrogen) atoms. The number of hydrogen-bond acceptors (Lipinski definition) is 9. The lowest BCUT2D eigenvalue weighted by molar-refractivity contribution is 0.0564. The molecule has 3 amide bonds. The van der Waals surface area contributed by atoms with Gasteiger partial charge in [0.2, 0.25) is 5.88 Å². The fourth-order valence-corrected chi connectivity index (χ4v) is 5.46. The zero-order valence-electron chi connectivity index (χ0n) is 27.2. The van der Waals surface area contributed by atoms with Gasteiger partial charge in [0, 0.05) is 28.9 Å². The van der Waals surface area contributed by atoms with E-state index in [1.165, 1.54) is 17.3 Å². The summed E-state index contributed by atoms with van der Waals surface area (Å²) < 4.78 is 38.8. The number of ether oxygens (including phenoxy) is 4. The van der Waals surface area contributed by atoms with Crippen LogP contribution in [0.1, 0.15) is 72.8 Å². The molecule has 1 aromatic carbocycles. The number of hydrogen-bond donors (Lipinski definition) is 2. The molecule has 1 aliphatic heterocycles. The van der Waals surface area contributed by atoms with E-state index in [1.54, 1.807) is 60.6 Å². The van der Waals surface area contributed by atoms with Crippen LogP contribution in [0, 0.1) is 12.7 Å². The molecule has 0 spiro atoms. The minimum atomic E-state index is -0.864. The Hall–Kier alpha value is -4.68. The number of rotatable bonds is 4. The van der Waals surface area contributed by atoms with E-state index in [9.17, 15) is 14.4 Å². The van der Waals surface area contributed by atoms with Crippen LogP contribution < -0.4 is 20.3 Å². The first kappa shape index (κ1) is 32.7. The van der Waals surface area contributed by atoms with Crippen molar-refractivity contribution in [2.24, 2.45) is 0 Å². The summed E-state index contributed by atoms with van der Waals surface area (Å²) in [5.41, 5.74) is -0.484. The molecule has 5 rings (SSSR count). The number of halogens is 1. The molecule has 2 N–H and O–H groups in total. The van der Waals surface area contributed by atoms with Gasteiger partial charge in [-0.15, -0.1) is 0 Å². The maximum Gasteiger partial charge on any atom is 0.415 e.